The van der Waals surface area contributed by atoms with Crippen LogP contribution in [0.3, 0.4) is 0 Å². The molecule has 0 unspecified atom stereocenters. The minimum Gasteiger partial charge on any atom is -0.493 e. The van der Waals surface area contributed by atoms with E-state index in [1.54, 1.807) is 13.2 Å². The largest absolute Gasteiger partial charge is 0.493 e. The molecule has 0 radical (unpaired) electrons. The number of methoxy groups -OCH3 is 1. The highest BCUT2D eigenvalue weighted by atomic mass is 32.1. The van der Waals surface area contributed by atoms with Crippen LogP contribution in [0.15, 0.2) is 66.0 Å². The van der Waals surface area contributed by atoms with E-state index in [1.807, 2.05) is 73.8 Å². The summed E-state index contributed by atoms with van der Waals surface area (Å²) in [5.41, 5.74) is 1.93. The smallest absolute Gasteiger partial charge is 0.262 e. The number of carbonyl (C=O) groups is 2. The number of ether oxygens (including phenoxy) is 2. The van der Waals surface area contributed by atoms with Gasteiger partial charge in [0, 0.05) is 6.54 Å². The van der Waals surface area contributed by atoms with Crippen molar-refractivity contribution >= 4 is 23.2 Å². The van der Waals surface area contributed by atoms with Crippen LogP contribution in [0.2, 0.25) is 0 Å². The monoisotopic (exact) mass is 452 g/mol. The molecule has 0 aliphatic heterocycles. The fraction of sp³-hybridized carbons (Fsp3) is 0.280. The van der Waals surface area contributed by atoms with Gasteiger partial charge in [0.1, 0.15) is 12.6 Å². The molecule has 0 saturated carbocycles. The molecule has 0 aliphatic rings. The highest BCUT2D eigenvalue weighted by Crippen LogP contribution is 2.29. The molecule has 3 aromatic rings. The molecule has 1 atom stereocenters. The molecule has 168 valence electrons. The van der Waals surface area contributed by atoms with Crippen molar-refractivity contribution in [3.63, 3.8) is 0 Å². The van der Waals surface area contributed by atoms with Gasteiger partial charge >= 0.3 is 0 Å². The van der Waals surface area contributed by atoms with E-state index < -0.39 is 6.04 Å². The van der Waals surface area contributed by atoms with E-state index in [9.17, 15) is 9.59 Å². The number of rotatable bonds is 10. The Balaban J connectivity index is 1.59. The average Bonchev–Trinajstić information content (AvgIpc) is 3.35. The minimum atomic E-state index is -0.625. The maximum atomic E-state index is 12.8. The van der Waals surface area contributed by atoms with Crippen molar-refractivity contribution in [2.24, 2.45) is 5.92 Å². The molecule has 0 fully saturated rings. The van der Waals surface area contributed by atoms with Crippen LogP contribution in [0.5, 0.6) is 11.5 Å². The third-order valence-electron chi connectivity index (χ3n) is 4.91. The van der Waals surface area contributed by atoms with Gasteiger partial charge in [-0.2, -0.15) is 0 Å². The van der Waals surface area contributed by atoms with Crippen molar-refractivity contribution in [1.29, 1.82) is 0 Å². The average molecular weight is 453 g/mol. The van der Waals surface area contributed by atoms with Crippen LogP contribution in [0, 0.1) is 5.92 Å². The molecule has 32 heavy (non-hydrogen) atoms. The summed E-state index contributed by atoms with van der Waals surface area (Å²) in [7, 11) is 1.59. The topological polar surface area (TPSA) is 76.7 Å². The summed E-state index contributed by atoms with van der Waals surface area (Å²) >= 11 is 1.35. The maximum absolute atomic E-state index is 12.8. The zero-order valence-electron chi connectivity index (χ0n) is 18.5. The van der Waals surface area contributed by atoms with E-state index in [0.29, 0.717) is 29.5 Å². The number of benzene rings is 2. The molecule has 1 aromatic heterocycles. The summed E-state index contributed by atoms with van der Waals surface area (Å²) in [4.78, 5) is 25.7. The predicted octanol–water partition coefficient (Wildman–Crippen LogP) is 4.41. The Morgan fingerprint density at radius 3 is 2.41 bits per heavy atom. The lowest BCUT2D eigenvalue weighted by molar-refractivity contribution is -0.124. The molecular formula is C25H28N2O4S. The summed E-state index contributed by atoms with van der Waals surface area (Å²) in [6, 6.07) is 18.4. The maximum Gasteiger partial charge on any atom is 0.262 e. The summed E-state index contributed by atoms with van der Waals surface area (Å²) < 4.78 is 11.4. The van der Waals surface area contributed by atoms with Crippen molar-refractivity contribution in [2.75, 3.05) is 7.11 Å². The number of amides is 2. The van der Waals surface area contributed by atoms with Gasteiger partial charge in [-0.1, -0.05) is 56.3 Å². The molecule has 0 aliphatic carbocycles. The molecule has 7 heteroatoms. The zero-order valence-corrected chi connectivity index (χ0v) is 19.3. The molecule has 0 spiro atoms. The third kappa shape index (κ3) is 6.34. The van der Waals surface area contributed by atoms with Crippen molar-refractivity contribution in [2.45, 2.75) is 33.0 Å². The van der Waals surface area contributed by atoms with Gasteiger partial charge in [-0.05, 0) is 40.6 Å². The van der Waals surface area contributed by atoms with Crippen LogP contribution in [-0.4, -0.2) is 25.0 Å². The minimum absolute atomic E-state index is 0.0535. The molecule has 2 aromatic carbocycles. The fourth-order valence-electron chi connectivity index (χ4n) is 3.13. The Morgan fingerprint density at radius 2 is 1.75 bits per heavy atom. The van der Waals surface area contributed by atoms with Crippen LogP contribution < -0.4 is 20.1 Å². The summed E-state index contributed by atoms with van der Waals surface area (Å²) in [6.45, 7) is 4.56. The number of carbonyl (C=O) groups excluding carboxylic acids is 2. The Bertz CT molecular complexity index is 1020. The molecule has 0 bridgehead atoms. The highest BCUT2D eigenvalue weighted by molar-refractivity contribution is 7.12. The van der Waals surface area contributed by atoms with Crippen LogP contribution in [0.1, 0.15) is 34.6 Å². The molecule has 2 N–H and O–H groups in total. The van der Waals surface area contributed by atoms with Crippen molar-refractivity contribution in [3.8, 4) is 11.5 Å². The second-order valence-electron chi connectivity index (χ2n) is 7.65. The fourth-order valence-corrected chi connectivity index (χ4v) is 3.76. The number of thiophene rings is 1. The van der Waals surface area contributed by atoms with Gasteiger partial charge in [0.15, 0.2) is 11.5 Å². The SMILES string of the molecule is COc1cc(CNC(=O)[C@H](NC(=O)c2cccs2)C(C)C)ccc1OCc1ccccc1. The Labute approximate surface area is 192 Å². The second kappa shape index (κ2) is 11.3. The molecule has 2 amide bonds. The number of hydrogen-bond donors (Lipinski definition) is 2. The Hall–Kier alpha value is -3.32. The third-order valence-corrected chi connectivity index (χ3v) is 5.78. The number of nitrogens with one attached hydrogen (secondary N) is 2. The van der Waals surface area contributed by atoms with Crippen molar-refractivity contribution < 1.29 is 19.1 Å². The van der Waals surface area contributed by atoms with Crippen LogP contribution in [0.25, 0.3) is 0 Å². The van der Waals surface area contributed by atoms with Gasteiger partial charge in [0.2, 0.25) is 5.91 Å². The van der Waals surface area contributed by atoms with Gasteiger partial charge in [0.25, 0.3) is 5.91 Å². The lowest BCUT2D eigenvalue weighted by Crippen LogP contribution is -2.49. The first-order valence-electron chi connectivity index (χ1n) is 10.4. The molecule has 3 rings (SSSR count). The highest BCUT2D eigenvalue weighted by Gasteiger charge is 2.24. The van der Waals surface area contributed by atoms with E-state index in [-0.39, 0.29) is 17.7 Å². The lowest BCUT2D eigenvalue weighted by Gasteiger charge is -2.21. The summed E-state index contributed by atoms with van der Waals surface area (Å²) in [6.07, 6.45) is 0. The first-order valence-corrected chi connectivity index (χ1v) is 11.3. The summed E-state index contributed by atoms with van der Waals surface area (Å²) in [5, 5.41) is 7.58. The van der Waals surface area contributed by atoms with Crippen LogP contribution in [-0.2, 0) is 17.9 Å². The molecule has 0 saturated heterocycles. The Kier molecular flexibility index (Phi) is 8.27. The Morgan fingerprint density at radius 1 is 0.969 bits per heavy atom. The van der Waals surface area contributed by atoms with Gasteiger partial charge in [-0.15, -0.1) is 11.3 Å². The number of hydrogen-bond acceptors (Lipinski definition) is 5. The standard InChI is InChI=1S/C25H28N2O4S/c1-17(2)23(27-24(28)22-10-7-13-32-22)25(29)26-15-19-11-12-20(21(14-19)30-3)31-16-18-8-5-4-6-9-18/h4-14,17,23H,15-16H2,1-3H3,(H,26,29)(H,27,28)/t23-/m1/s1. The zero-order chi connectivity index (χ0) is 22.9. The predicted molar refractivity (Wildman–Crippen MR) is 126 cm³/mol. The first kappa shape index (κ1) is 23.3. The molecule has 1 heterocycles. The summed E-state index contributed by atoms with van der Waals surface area (Å²) in [5.74, 6) is 0.708. The second-order valence-corrected chi connectivity index (χ2v) is 8.60. The van der Waals surface area contributed by atoms with Gasteiger partial charge in [-0.3, -0.25) is 9.59 Å². The van der Waals surface area contributed by atoms with E-state index in [2.05, 4.69) is 10.6 Å². The van der Waals surface area contributed by atoms with Gasteiger partial charge in [-0.25, -0.2) is 0 Å². The van der Waals surface area contributed by atoms with Crippen molar-refractivity contribution in [1.82, 2.24) is 10.6 Å². The quantitative estimate of drug-likeness (QED) is 0.478. The van der Waals surface area contributed by atoms with E-state index >= 15 is 0 Å². The van der Waals surface area contributed by atoms with Crippen LogP contribution in [0.4, 0.5) is 0 Å². The lowest BCUT2D eigenvalue weighted by atomic mass is 10.0. The van der Waals surface area contributed by atoms with Gasteiger partial charge in [0.05, 0.1) is 12.0 Å². The van der Waals surface area contributed by atoms with Crippen molar-refractivity contribution in [3.05, 3.63) is 82.0 Å². The molecular weight excluding hydrogens is 424 g/mol. The van der Waals surface area contributed by atoms with Crippen LogP contribution >= 0.6 is 11.3 Å². The van der Waals surface area contributed by atoms with E-state index in [0.717, 1.165) is 11.1 Å². The van der Waals surface area contributed by atoms with E-state index in [4.69, 9.17) is 9.47 Å². The van der Waals surface area contributed by atoms with E-state index in [1.165, 1.54) is 11.3 Å². The van der Waals surface area contributed by atoms with Gasteiger partial charge < -0.3 is 20.1 Å². The molecule has 6 nitrogen and oxygen atoms in total. The first-order chi connectivity index (χ1) is 15.5. The normalized spacial score (nSPS) is 11.6.